The number of amides is 1. The Morgan fingerprint density at radius 3 is 2.73 bits per heavy atom. The van der Waals surface area contributed by atoms with Gasteiger partial charge in [0.2, 0.25) is 5.13 Å². The number of morpholine rings is 1. The van der Waals surface area contributed by atoms with E-state index in [1.54, 1.807) is 0 Å². The van der Waals surface area contributed by atoms with Crippen LogP contribution < -0.4 is 5.32 Å². The molecule has 2 aromatic heterocycles. The van der Waals surface area contributed by atoms with Crippen LogP contribution in [0.25, 0.3) is 0 Å². The van der Waals surface area contributed by atoms with Gasteiger partial charge in [-0.25, -0.2) is 0 Å². The lowest BCUT2D eigenvalue weighted by atomic mass is 9.99. The minimum Gasteiger partial charge on any atom is -0.454 e. The lowest BCUT2D eigenvalue weighted by Gasteiger charge is -2.29. The molecule has 1 N–H and O–H groups in total. The summed E-state index contributed by atoms with van der Waals surface area (Å²) in [6, 6.07) is 1.94. The van der Waals surface area contributed by atoms with E-state index in [0.717, 1.165) is 74.6 Å². The van der Waals surface area contributed by atoms with Crippen molar-refractivity contribution in [3.05, 3.63) is 28.2 Å². The fraction of sp³-hybridized carbons (Fsp3) is 0.667. The van der Waals surface area contributed by atoms with Gasteiger partial charge >= 0.3 is 0 Å². The number of furan rings is 1. The highest BCUT2D eigenvalue weighted by Gasteiger charge is 2.20. The molecule has 0 bridgehead atoms. The smallest absolute Gasteiger partial charge is 0.293 e. The van der Waals surface area contributed by atoms with Gasteiger partial charge in [-0.15, -0.1) is 10.2 Å². The summed E-state index contributed by atoms with van der Waals surface area (Å²) in [4.78, 5) is 17.4. The summed E-state index contributed by atoms with van der Waals surface area (Å²) in [5.41, 5.74) is 0.833. The van der Waals surface area contributed by atoms with E-state index in [-0.39, 0.29) is 5.91 Å². The average molecular weight is 434 g/mol. The molecule has 0 aromatic carbocycles. The monoisotopic (exact) mass is 433 g/mol. The van der Waals surface area contributed by atoms with Gasteiger partial charge < -0.3 is 14.1 Å². The molecule has 2 aliphatic rings. The Hall–Kier alpha value is -1.81. The summed E-state index contributed by atoms with van der Waals surface area (Å²) >= 11 is 1.44. The number of ether oxygens (including phenoxy) is 1. The van der Waals surface area contributed by atoms with Crippen molar-refractivity contribution in [2.75, 3.05) is 51.3 Å². The van der Waals surface area contributed by atoms with E-state index in [9.17, 15) is 4.79 Å². The Balaban J connectivity index is 1.28. The van der Waals surface area contributed by atoms with Gasteiger partial charge in [-0.2, -0.15) is 0 Å². The van der Waals surface area contributed by atoms with Crippen molar-refractivity contribution in [3.63, 3.8) is 0 Å². The van der Waals surface area contributed by atoms with Crippen LogP contribution >= 0.6 is 11.3 Å². The van der Waals surface area contributed by atoms with E-state index < -0.39 is 0 Å². The lowest BCUT2D eigenvalue weighted by molar-refractivity contribution is 0.0312. The van der Waals surface area contributed by atoms with Crippen LogP contribution in [-0.4, -0.2) is 71.8 Å². The number of nitrogens with one attached hydrogen (secondary N) is 1. The van der Waals surface area contributed by atoms with E-state index in [4.69, 9.17) is 9.15 Å². The second-order valence-corrected chi connectivity index (χ2v) is 9.40. The van der Waals surface area contributed by atoms with Crippen LogP contribution in [0.4, 0.5) is 5.13 Å². The maximum atomic E-state index is 12.7. The molecule has 9 heteroatoms. The van der Waals surface area contributed by atoms with Crippen LogP contribution in [0, 0.1) is 12.8 Å². The Kier molecular flexibility index (Phi) is 7.14. The third-order valence-corrected chi connectivity index (χ3v) is 6.76. The summed E-state index contributed by atoms with van der Waals surface area (Å²) in [6.45, 7) is 11.5. The molecular formula is C21H31N5O3S. The number of carbonyl (C=O) groups excluding carboxylic acids is 1. The van der Waals surface area contributed by atoms with Crippen LogP contribution in [0.5, 0.6) is 0 Å². The van der Waals surface area contributed by atoms with Crippen molar-refractivity contribution < 1.29 is 13.9 Å². The van der Waals surface area contributed by atoms with E-state index in [2.05, 4.69) is 32.2 Å². The second kappa shape index (κ2) is 10.00. The first kappa shape index (κ1) is 21.4. The number of aryl methyl sites for hydroxylation is 1. The molecule has 0 aliphatic carbocycles. The van der Waals surface area contributed by atoms with Gasteiger partial charge in [0.05, 0.1) is 19.8 Å². The van der Waals surface area contributed by atoms with Gasteiger partial charge in [0.25, 0.3) is 5.91 Å². The second-order valence-electron chi connectivity index (χ2n) is 8.34. The third kappa shape index (κ3) is 5.66. The molecule has 4 heterocycles. The van der Waals surface area contributed by atoms with Crippen molar-refractivity contribution in [2.45, 2.75) is 39.7 Å². The van der Waals surface area contributed by atoms with Crippen LogP contribution in [0.2, 0.25) is 0 Å². The van der Waals surface area contributed by atoms with Crippen LogP contribution in [0.1, 0.15) is 46.7 Å². The van der Waals surface area contributed by atoms with E-state index >= 15 is 0 Å². The molecule has 4 rings (SSSR count). The highest BCUT2D eigenvalue weighted by Crippen LogP contribution is 2.22. The Morgan fingerprint density at radius 1 is 1.20 bits per heavy atom. The Bertz CT molecular complexity index is 838. The zero-order valence-electron chi connectivity index (χ0n) is 17.9. The van der Waals surface area contributed by atoms with Crippen LogP contribution in [0.15, 0.2) is 10.5 Å². The highest BCUT2D eigenvalue weighted by atomic mass is 32.1. The van der Waals surface area contributed by atoms with E-state index in [0.29, 0.717) is 17.4 Å². The van der Waals surface area contributed by atoms with Gasteiger partial charge in [-0.1, -0.05) is 18.3 Å². The first-order chi connectivity index (χ1) is 14.6. The van der Waals surface area contributed by atoms with Gasteiger partial charge in [0, 0.05) is 31.6 Å². The number of hydrogen-bond acceptors (Lipinski definition) is 8. The molecule has 30 heavy (non-hydrogen) atoms. The number of anilines is 1. The maximum absolute atomic E-state index is 12.7. The normalized spacial score (nSPS) is 19.3. The number of likely N-dealkylation sites (tertiary alicyclic amines) is 1. The highest BCUT2D eigenvalue weighted by molar-refractivity contribution is 7.15. The SMILES string of the molecule is Cc1cc(CN2CCOCC2)oc1C(=O)Nc1nnc(CCN2CCC(C)CC2)s1. The molecule has 0 unspecified atom stereocenters. The molecule has 2 aliphatic heterocycles. The minimum absolute atomic E-state index is 0.270. The van der Waals surface area contributed by atoms with Gasteiger partial charge in [-0.3, -0.25) is 15.0 Å². The molecular weight excluding hydrogens is 402 g/mol. The van der Waals surface area contributed by atoms with Gasteiger partial charge in [0.1, 0.15) is 10.8 Å². The largest absolute Gasteiger partial charge is 0.454 e. The predicted octanol–water partition coefficient (Wildman–Crippen LogP) is 2.80. The number of aromatic nitrogens is 2. The molecule has 1 amide bonds. The fourth-order valence-electron chi connectivity index (χ4n) is 3.93. The first-order valence-electron chi connectivity index (χ1n) is 10.8. The molecule has 2 saturated heterocycles. The molecule has 2 aromatic rings. The van der Waals surface area contributed by atoms with Crippen LogP contribution in [-0.2, 0) is 17.7 Å². The van der Waals surface area contributed by atoms with Crippen molar-refractivity contribution in [1.29, 1.82) is 0 Å². The summed E-state index contributed by atoms with van der Waals surface area (Å²) in [5, 5.41) is 12.7. The predicted molar refractivity (Wildman–Crippen MR) is 116 cm³/mol. The number of carbonyl (C=O) groups is 1. The van der Waals surface area contributed by atoms with Crippen molar-refractivity contribution >= 4 is 22.4 Å². The van der Waals surface area contributed by atoms with Gasteiger partial charge in [0.15, 0.2) is 5.76 Å². The zero-order chi connectivity index (χ0) is 20.9. The van der Waals surface area contributed by atoms with Crippen molar-refractivity contribution in [2.24, 2.45) is 5.92 Å². The minimum atomic E-state index is -0.270. The fourth-order valence-corrected chi connectivity index (χ4v) is 4.65. The average Bonchev–Trinajstić information content (AvgIpc) is 3.34. The van der Waals surface area contributed by atoms with E-state index in [1.165, 1.54) is 24.2 Å². The van der Waals surface area contributed by atoms with Crippen molar-refractivity contribution in [3.8, 4) is 0 Å². The number of nitrogens with zero attached hydrogens (tertiary/aromatic N) is 4. The summed E-state index contributed by atoms with van der Waals surface area (Å²) in [5.74, 6) is 1.71. The lowest BCUT2D eigenvalue weighted by Crippen LogP contribution is -2.35. The van der Waals surface area contributed by atoms with Crippen molar-refractivity contribution in [1.82, 2.24) is 20.0 Å². The quantitative estimate of drug-likeness (QED) is 0.719. The topological polar surface area (TPSA) is 83.7 Å². The summed E-state index contributed by atoms with van der Waals surface area (Å²) < 4.78 is 11.2. The molecule has 0 spiro atoms. The standard InChI is InChI=1S/C21H31N5O3S/c1-15-3-6-25(7-4-15)8-5-18-23-24-21(30-18)22-20(27)19-16(2)13-17(29-19)14-26-9-11-28-12-10-26/h13,15H,3-12,14H2,1-2H3,(H,22,24,27). The number of piperidine rings is 1. The summed E-state index contributed by atoms with van der Waals surface area (Å²) in [6.07, 6.45) is 3.41. The maximum Gasteiger partial charge on any atom is 0.293 e. The molecule has 0 radical (unpaired) electrons. The van der Waals surface area contributed by atoms with E-state index in [1.807, 2.05) is 13.0 Å². The first-order valence-corrected chi connectivity index (χ1v) is 11.6. The van der Waals surface area contributed by atoms with Crippen LogP contribution in [0.3, 0.4) is 0 Å². The molecule has 0 saturated carbocycles. The Morgan fingerprint density at radius 2 is 1.97 bits per heavy atom. The zero-order valence-corrected chi connectivity index (χ0v) is 18.7. The third-order valence-electron chi connectivity index (χ3n) is 5.86. The molecule has 8 nitrogen and oxygen atoms in total. The number of rotatable bonds is 7. The number of hydrogen-bond donors (Lipinski definition) is 1. The Labute approximate surface area is 181 Å². The summed E-state index contributed by atoms with van der Waals surface area (Å²) in [7, 11) is 0. The molecule has 164 valence electrons. The van der Waals surface area contributed by atoms with Gasteiger partial charge in [-0.05, 0) is 44.8 Å². The molecule has 0 atom stereocenters. The molecule has 2 fully saturated rings.